The maximum absolute atomic E-state index is 10.7. The molecule has 0 bridgehead atoms. The molecule has 0 aliphatic carbocycles. The Labute approximate surface area is 134 Å². The summed E-state index contributed by atoms with van der Waals surface area (Å²) in [6.07, 6.45) is -2.49. The molecule has 1 fully saturated rings. The van der Waals surface area contributed by atoms with Crippen LogP contribution >= 0.6 is 7.82 Å². The van der Waals surface area contributed by atoms with Gasteiger partial charge in [0.15, 0.2) is 17.7 Å². The number of fused-ring (bicyclic) bond motifs is 1. The first kappa shape index (κ1) is 18.6. The van der Waals surface area contributed by atoms with E-state index in [1.165, 1.54) is 17.2 Å². The van der Waals surface area contributed by atoms with Gasteiger partial charge in [-0.3, -0.25) is 9.09 Å². The smallest absolute Gasteiger partial charge is 0.412 e. The summed E-state index contributed by atoms with van der Waals surface area (Å²) in [5.41, 5.74) is 6.25. The van der Waals surface area contributed by atoms with Crippen LogP contribution in [0.2, 0.25) is 0 Å². The van der Waals surface area contributed by atoms with Crippen molar-refractivity contribution < 1.29 is 39.3 Å². The van der Waals surface area contributed by atoms with Crippen LogP contribution in [-0.4, -0.2) is 69.9 Å². The molecule has 0 amide bonds. The molecule has 0 radical (unpaired) electrons. The predicted octanol–water partition coefficient (Wildman–Crippen LogP) is -2.69. The van der Waals surface area contributed by atoms with Crippen LogP contribution in [0.25, 0.3) is 11.2 Å². The van der Waals surface area contributed by atoms with E-state index in [2.05, 4.69) is 19.5 Å². The van der Waals surface area contributed by atoms with Crippen LogP contribution in [0, 0.1) is 0 Å². The quantitative estimate of drug-likeness (QED) is 0.351. The van der Waals surface area contributed by atoms with E-state index in [9.17, 15) is 14.8 Å². The fraction of sp³-hybridized carbons (Fsp3) is 0.500. The van der Waals surface area contributed by atoms with Crippen molar-refractivity contribution in [2.24, 2.45) is 0 Å². The van der Waals surface area contributed by atoms with Gasteiger partial charge in [-0.05, 0) is 0 Å². The normalized spacial score (nSPS) is 27.3. The number of aliphatic hydroxyl groups excluding tert-OH is 2. The summed E-state index contributed by atoms with van der Waals surface area (Å²) < 4.78 is 21.8. The third-order valence-electron chi connectivity index (χ3n) is 3.41. The lowest BCUT2D eigenvalue weighted by molar-refractivity contribution is -0.0504. The van der Waals surface area contributed by atoms with Crippen LogP contribution in [0.1, 0.15) is 6.23 Å². The Bertz CT molecular complexity index is 765. The zero-order chi connectivity index (χ0) is 16.8. The zero-order valence-electron chi connectivity index (χ0n) is 12.0. The Balaban J connectivity index is 0.00000208. The molecule has 3 heterocycles. The molecule has 2 aromatic heterocycles. The highest BCUT2D eigenvalue weighted by atomic mass is 31.2. The Morgan fingerprint density at radius 2 is 2.00 bits per heavy atom. The number of nitrogens with two attached hydrogens (primary N) is 1. The molecule has 4 atom stereocenters. The van der Waals surface area contributed by atoms with Crippen molar-refractivity contribution in [1.82, 2.24) is 19.5 Å². The molecule has 2 aromatic rings. The molecule has 0 saturated carbocycles. The molecule has 24 heavy (non-hydrogen) atoms. The van der Waals surface area contributed by atoms with Crippen LogP contribution in [0.4, 0.5) is 5.82 Å². The van der Waals surface area contributed by atoms with Gasteiger partial charge in [0.05, 0.1) is 12.9 Å². The van der Waals surface area contributed by atoms with Gasteiger partial charge in [-0.2, -0.15) is 0 Å². The minimum atomic E-state index is -4.72. The lowest BCUT2D eigenvalue weighted by atomic mass is 10.1. The number of rotatable bonds is 4. The Hall–Kier alpha value is -1.70. The van der Waals surface area contributed by atoms with Crippen molar-refractivity contribution in [3.63, 3.8) is 0 Å². The van der Waals surface area contributed by atoms with E-state index in [0.29, 0.717) is 5.52 Å². The number of hydrogen-bond donors (Lipinski definition) is 5. The summed E-state index contributed by atoms with van der Waals surface area (Å²) in [5.74, 6) is 0.142. The number of anilines is 1. The maximum Gasteiger partial charge on any atom is 0.469 e. The third kappa shape index (κ3) is 3.38. The summed E-state index contributed by atoms with van der Waals surface area (Å²) in [7, 11) is -4.72. The minimum absolute atomic E-state index is 0. The first-order valence-electron chi connectivity index (χ1n) is 6.42. The lowest BCUT2D eigenvalue weighted by Gasteiger charge is -2.16. The average Bonchev–Trinajstić information content (AvgIpc) is 3.01. The SMILES string of the molecule is Nc1ncnc2c1ncn2[C@H]1O[C@H](COP(=O)(O)O)[C@H](O)[C@@H]1O.O. The monoisotopic (exact) mass is 365 g/mol. The van der Waals surface area contributed by atoms with Gasteiger partial charge >= 0.3 is 7.82 Å². The molecule has 0 spiro atoms. The first-order chi connectivity index (χ1) is 10.8. The number of phosphoric ester groups is 1. The van der Waals surface area contributed by atoms with Crippen molar-refractivity contribution >= 4 is 24.8 Å². The summed E-state index contributed by atoms with van der Waals surface area (Å²) in [5, 5.41) is 20.1. The molecule has 1 aliphatic heterocycles. The molecular weight excluding hydrogens is 349 g/mol. The first-order valence-corrected chi connectivity index (χ1v) is 7.95. The van der Waals surface area contributed by atoms with Gasteiger partial charge in [0.25, 0.3) is 0 Å². The highest BCUT2D eigenvalue weighted by molar-refractivity contribution is 7.46. The maximum atomic E-state index is 10.7. The highest BCUT2D eigenvalue weighted by Crippen LogP contribution is 2.38. The second kappa shape index (κ2) is 6.66. The fourth-order valence-corrected chi connectivity index (χ4v) is 2.66. The van der Waals surface area contributed by atoms with Crippen molar-refractivity contribution in [2.45, 2.75) is 24.5 Å². The van der Waals surface area contributed by atoms with Crippen LogP contribution < -0.4 is 5.73 Å². The number of phosphoric acid groups is 1. The standard InChI is InChI=1S/C10H14N5O7P.H2O/c11-8-5-9(13-2-12-8)15(3-14-5)10-7(17)6(16)4(22-10)1-21-23(18,19)20;/h2-4,6-7,10,16-17H,1H2,(H2,11,12,13)(H2,18,19,20);1H2/t4-,6+,7+,10+;/m1./s1. The van der Waals surface area contributed by atoms with E-state index < -0.39 is 39.0 Å². The number of ether oxygens (including phenoxy) is 1. The van der Waals surface area contributed by atoms with Crippen molar-refractivity contribution in [3.05, 3.63) is 12.7 Å². The summed E-state index contributed by atoms with van der Waals surface area (Å²) in [6.45, 7) is -0.594. The molecular formula is C10H16N5O8P. The zero-order valence-corrected chi connectivity index (χ0v) is 12.9. The van der Waals surface area contributed by atoms with E-state index in [1.807, 2.05) is 0 Å². The predicted molar refractivity (Wildman–Crippen MR) is 77.3 cm³/mol. The van der Waals surface area contributed by atoms with E-state index in [1.54, 1.807) is 0 Å². The molecule has 134 valence electrons. The number of hydrogen-bond acceptors (Lipinski definition) is 9. The van der Waals surface area contributed by atoms with Crippen molar-refractivity contribution in [2.75, 3.05) is 12.3 Å². The summed E-state index contributed by atoms with van der Waals surface area (Å²) in [4.78, 5) is 29.2. The van der Waals surface area contributed by atoms with Crippen LogP contribution in [0.5, 0.6) is 0 Å². The Kier molecular flexibility index (Phi) is 5.17. The molecule has 3 rings (SSSR count). The number of aliphatic hydroxyl groups is 2. The number of aromatic nitrogens is 4. The van der Waals surface area contributed by atoms with Gasteiger partial charge in [-0.1, -0.05) is 0 Å². The van der Waals surface area contributed by atoms with Crippen LogP contribution in [-0.2, 0) is 13.8 Å². The Morgan fingerprint density at radius 1 is 1.29 bits per heavy atom. The van der Waals surface area contributed by atoms with E-state index in [4.69, 9.17) is 20.3 Å². The molecule has 1 saturated heterocycles. The van der Waals surface area contributed by atoms with Crippen molar-refractivity contribution in [3.8, 4) is 0 Å². The number of nitrogens with zero attached hydrogens (tertiary/aromatic N) is 4. The number of imidazole rings is 1. The lowest BCUT2D eigenvalue weighted by Crippen LogP contribution is -2.33. The molecule has 8 N–H and O–H groups in total. The van der Waals surface area contributed by atoms with Gasteiger partial charge in [0.2, 0.25) is 0 Å². The van der Waals surface area contributed by atoms with E-state index in [0.717, 1.165) is 0 Å². The number of nitrogen functional groups attached to an aromatic ring is 1. The summed E-state index contributed by atoms with van der Waals surface area (Å²) in [6, 6.07) is 0. The van der Waals surface area contributed by atoms with Crippen molar-refractivity contribution in [1.29, 1.82) is 0 Å². The van der Waals surface area contributed by atoms with E-state index >= 15 is 0 Å². The van der Waals surface area contributed by atoms with Gasteiger partial charge in [0.1, 0.15) is 30.2 Å². The summed E-state index contributed by atoms with van der Waals surface area (Å²) >= 11 is 0. The van der Waals surface area contributed by atoms with Crippen LogP contribution in [0.15, 0.2) is 12.7 Å². The molecule has 14 heteroatoms. The van der Waals surface area contributed by atoms with E-state index in [-0.39, 0.29) is 16.9 Å². The minimum Gasteiger partial charge on any atom is -0.412 e. The second-order valence-corrected chi connectivity index (χ2v) is 6.15. The average molecular weight is 365 g/mol. The largest absolute Gasteiger partial charge is 0.469 e. The molecule has 1 aliphatic rings. The second-order valence-electron chi connectivity index (χ2n) is 4.92. The molecule has 0 aromatic carbocycles. The van der Waals surface area contributed by atoms with Gasteiger partial charge < -0.3 is 35.9 Å². The van der Waals surface area contributed by atoms with Gasteiger partial charge in [-0.15, -0.1) is 0 Å². The third-order valence-corrected chi connectivity index (χ3v) is 3.89. The highest BCUT2D eigenvalue weighted by Gasteiger charge is 2.45. The van der Waals surface area contributed by atoms with Gasteiger partial charge in [0, 0.05) is 0 Å². The topological polar surface area (TPSA) is 218 Å². The molecule has 13 nitrogen and oxygen atoms in total. The van der Waals surface area contributed by atoms with Gasteiger partial charge in [-0.25, -0.2) is 19.5 Å². The molecule has 0 unspecified atom stereocenters. The van der Waals surface area contributed by atoms with Crippen LogP contribution in [0.3, 0.4) is 0 Å². The Morgan fingerprint density at radius 3 is 2.67 bits per heavy atom. The fourth-order valence-electron chi connectivity index (χ4n) is 2.32.